The van der Waals surface area contributed by atoms with E-state index in [1.165, 1.54) is 27.8 Å². The van der Waals surface area contributed by atoms with Crippen LogP contribution in [0.2, 0.25) is 0 Å². The molecule has 0 spiro atoms. The second kappa shape index (κ2) is 7.19. The van der Waals surface area contributed by atoms with E-state index in [1.807, 2.05) is 0 Å². The van der Waals surface area contributed by atoms with Gasteiger partial charge in [-0.05, 0) is 37.1 Å². The highest BCUT2D eigenvalue weighted by Crippen LogP contribution is 2.26. The third-order valence-corrected chi connectivity index (χ3v) is 6.10. The Hall–Kier alpha value is -1.84. The highest BCUT2D eigenvalue weighted by molar-refractivity contribution is 7.88. The van der Waals surface area contributed by atoms with Crippen LogP contribution in [0.4, 0.5) is 9.52 Å². The smallest absolute Gasteiger partial charge is 0.244 e. The number of carbonyl (C=O) groups excluding carboxylic acids is 1. The first-order valence-electron chi connectivity index (χ1n) is 7.84. The van der Waals surface area contributed by atoms with Gasteiger partial charge in [-0.3, -0.25) is 4.79 Å². The van der Waals surface area contributed by atoms with Crippen molar-refractivity contribution in [2.75, 3.05) is 18.1 Å². The fraction of sp³-hybridized carbons (Fsp3) is 0.375. The van der Waals surface area contributed by atoms with Gasteiger partial charge in [0.2, 0.25) is 15.9 Å². The Morgan fingerprint density at radius 2 is 2.04 bits per heavy atom. The largest absolute Gasteiger partial charge is 0.301 e. The van der Waals surface area contributed by atoms with Gasteiger partial charge in [0.15, 0.2) is 5.13 Å². The summed E-state index contributed by atoms with van der Waals surface area (Å²) in [6, 6.07) is 5.21. The molecule has 134 valence electrons. The number of sulfonamides is 1. The molecule has 1 saturated heterocycles. The predicted molar refractivity (Wildman–Crippen MR) is 95.3 cm³/mol. The lowest BCUT2D eigenvalue weighted by atomic mass is 10.0. The number of rotatable bonds is 4. The van der Waals surface area contributed by atoms with E-state index < -0.39 is 16.1 Å². The minimum atomic E-state index is -3.43. The molecular formula is C16H18FN3O3S2. The van der Waals surface area contributed by atoms with Crippen LogP contribution in [0.3, 0.4) is 0 Å². The number of hydrogen-bond donors (Lipinski definition) is 1. The Morgan fingerprint density at radius 3 is 2.72 bits per heavy atom. The Kier molecular flexibility index (Phi) is 5.16. The van der Waals surface area contributed by atoms with E-state index in [4.69, 9.17) is 0 Å². The highest BCUT2D eigenvalue weighted by atomic mass is 32.2. The number of amides is 1. The number of nitrogens with one attached hydrogen (secondary N) is 1. The minimum absolute atomic E-state index is 0.328. The second-order valence-electron chi connectivity index (χ2n) is 5.92. The third-order valence-electron chi connectivity index (χ3n) is 4.06. The van der Waals surface area contributed by atoms with Crippen LogP contribution in [0.1, 0.15) is 19.3 Å². The number of benzene rings is 1. The minimum Gasteiger partial charge on any atom is -0.301 e. The molecule has 0 bridgehead atoms. The SMILES string of the molecule is CS(=O)(=O)N1CCCC[C@@H]1C(=O)Nc1nc(-c2ccc(F)cc2)cs1. The van der Waals surface area contributed by atoms with Gasteiger partial charge in [0.25, 0.3) is 0 Å². The van der Waals surface area contributed by atoms with Gasteiger partial charge in [-0.2, -0.15) is 4.31 Å². The van der Waals surface area contributed by atoms with Gasteiger partial charge in [0.05, 0.1) is 11.9 Å². The Morgan fingerprint density at radius 1 is 1.32 bits per heavy atom. The normalized spacial score (nSPS) is 18.9. The third kappa shape index (κ3) is 4.23. The van der Waals surface area contributed by atoms with Crippen molar-refractivity contribution in [3.63, 3.8) is 0 Å². The van der Waals surface area contributed by atoms with Crippen LogP contribution in [0, 0.1) is 5.82 Å². The zero-order chi connectivity index (χ0) is 18.0. The number of thiazole rings is 1. The van der Waals surface area contributed by atoms with Crippen molar-refractivity contribution in [1.29, 1.82) is 0 Å². The molecule has 0 unspecified atom stereocenters. The van der Waals surface area contributed by atoms with Gasteiger partial charge in [0, 0.05) is 17.5 Å². The van der Waals surface area contributed by atoms with Gasteiger partial charge in [-0.25, -0.2) is 17.8 Å². The van der Waals surface area contributed by atoms with Gasteiger partial charge < -0.3 is 5.32 Å². The van der Waals surface area contributed by atoms with Gasteiger partial charge in [-0.15, -0.1) is 11.3 Å². The Labute approximate surface area is 149 Å². The van der Waals surface area contributed by atoms with Crippen LogP contribution < -0.4 is 5.32 Å². The quantitative estimate of drug-likeness (QED) is 0.880. The molecule has 0 aliphatic carbocycles. The molecule has 9 heteroatoms. The number of carbonyl (C=O) groups is 1. The topological polar surface area (TPSA) is 79.4 Å². The average molecular weight is 383 g/mol. The maximum atomic E-state index is 13.0. The van der Waals surface area contributed by atoms with E-state index in [2.05, 4.69) is 10.3 Å². The number of halogens is 1. The molecule has 1 aliphatic heterocycles. The zero-order valence-electron chi connectivity index (χ0n) is 13.6. The molecule has 25 heavy (non-hydrogen) atoms. The van der Waals surface area contributed by atoms with E-state index in [9.17, 15) is 17.6 Å². The van der Waals surface area contributed by atoms with E-state index in [0.717, 1.165) is 24.7 Å². The van der Waals surface area contributed by atoms with E-state index in [0.29, 0.717) is 23.8 Å². The van der Waals surface area contributed by atoms with Gasteiger partial charge in [0.1, 0.15) is 11.9 Å². The number of piperidine rings is 1. The summed E-state index contributed by atoms with van der Waals surface area (Å²) >= 11 is 1.24. The van der Waals surface area contributed by atoms with Gasteiger partial charge >= 0.3 is 0 Å². The number of hydrogen-bond acceptors (Lipinski definition) is 5. The number of nitrogens with zero attached hydrogens (tertiary/aromatic N) is 2. The molecular weight excluding hydrogens is 365 g/mol. The Bertz CT molecular complexity index is 865. The predicted octanol–water partition coefficient (Wildman–Crippen LogP) is 2.70. The molecule has 1 aromatic heterocycles. The van der Waals surface area contributed by atoms with E-state index in [1.54, 1.807) is 17.5 Å². The number of aromatic nitrogens is 1. The monoisotopic (exact) mass is 383 g/mol. The first-order valence-corrected chi connectivity index (χ1v) is 10.6. The molecule has 1 fully saturated rings. The van der Waals surface area contributed by atoms with Crippen LogP contribution in [-0.2, 0) is 14.8 Å². The van der Waals surface area contributed by atoms with Crippen molar-refractivity contribution >= 4 is 32.4 Å². The van der Waals surface area contributed by atoms with Crippen LogP contribution in [0.25, 0.3) is 11.3 Å². The van der Waals surface area contributed by atoms with Crippen molar-refractivity contribution in [2.45, 2.75) is 25.3 Å². The van der Waals surface area contributed by atoms with Crippen LogP contribution in [-0.4, -0.2) is 42.5 Å². The Balaban J connectivity index is 1.73. The fourth-order valence-corrected chi connectivity index (χ4v) is 4.68. The molecule has 1 atom stereocenters. The van der Waals surface area contributed by atoms with Crippen molar-refractivity contribution in [1.82, 2.24) is 9.29 Å². The molecule has 3 rings (SSSR count). The van der Waals surface area contributed by atoms with E-state index in [-0.39, 0.29) is 11.7 Å². The first kappa shape index (κ1) is 18.0. The standard InChI is InChI=1S/C16H18FN3O3S2/c1-25(22,23)20-9-3-2-4-14(20)15(21)19-16-18-13(10-24-16)11-5-7-12(17)8-6-11/h5-8,10,14H,2-4,9H2,1H3,(H,18,19,21)/t14-/m1/s1. The summed E-state index contributed by atoms with van der Waals surface area (Å²) in [7, 11) is -3.43. The average Bonchev–Trinajstić information content (AvgIpc) is 3.03. The summed E-state index contributed by atoms with van der Waals surface area (Å²) in [4.78, 5) is 16.8. The highest BCUT2D eigenvalue weighted by Gasteiger charge is 2.34. The number of anilines is 1. The molecule has 1 amide bonds. The molecule has 1 aromatic carbocycles. The molecule has 0 saturated carbocycles. The summed E-state index contributed by atoms with van der Waals surface area (Å²) in [5.41, 5.74) is 1.37. The van der Waals surface area contributed by atoms with Crippen molar-refractivity contribution in [3.8, 4) is 11.3 Å². The summed E-state index contributed by atoms with van der Waals surface area (Å²) in [6.07, 6.45) is 3.18. The van der Waals surface area contributed by atoms with Crippen molar-refractivity contribution in [3.05, 3.63) is 35.5 Å². The maximum absolute atomic E-state index is 13.0. The maximum Gasteiger partial charge on any atom is 0.244 e. The zero-order valence-corrected chi connectivity index (χ0v) is 15.2. The summed E-state index contributed by atoms with van der Waals surface area (Å²) < 4.78 is 38.0. The lowest BCUT2D eigenvalue weighted by molar-refractivity contribution is -0.120. The van der Waals surface area contributed by atoms with Crippen LogP contribution in [0.15, 0.2) is 29.6 Å². The second-order valence-corrected chi connectivity index (χ2v) is 8.71. The van der Waals surface area contributed by atoms with Crippen molar-refractivity contribution in [2.24, 2.45) is 0 Å². The molecule has 2 aromatic rings. The summed E-state index contributed by atoms with van der Waals surface area (Å²) in [5, 5.41) is 4.86. The molecule has 2 heterocycles. The van der Waals surface area contributed by atoms with Gasteiger partial charge in [-0.1, -0.05) is 6.42 Å². The molecule has 0 radical (unpaired) electrons. The summed E-state index contributed by atoms with van der Waals surface area (Å²) in [5.74, 6) is -0.698. The molecule has 1 N–H and O–H groups in total. The fourth-order valence-electron chi connectivity index (χ4n) is 2.84. The van der Waals surface area contributed by atoms with Crippen molar-refractivity contribution < 1.29 is 17.6 Å². The van der Waals surface area contributed by atoms with E-state index >= 15 is 0 Å². The lowest BCUT2D eigenvalue weighted by Crippen LogP contribution is -2.49. The van der Waals surface area contributed by atoms with Crippen LogP contribution >= 0.6 is 11.3 Å². The lowest BCUT2D eigenvalue weighted by Gasteiger charge is -2.32. The van der Waals surface area contributed by atoms with Crippen LogP contribution in [0.5, 0.6) is 0 Å². The molecule has 6 nitrogen and oxygen atoms in total. The first-order chi connectivity index (χ1) is 11.8. The summed E-state index contributed by atoms with van der Waals surface area (Å²) in [6.45, 7) is 0.357. The molecule has 1 aliphatic rings.